The smallest absolute Gasteiger partial charge is 0.330 e. The maximum atomic E-state index is 8.40. The van der Waals surface area contributed by atoms with Gasteiger partial charge < -0.3 is 5.73 Å². The van der Waals surface area contributed by atoms with Crippen molar-refractivity contribution in [2.45, 2.75) is 19.8 Å². The van der Waals surface area contributed by atoms with E-state index in [1.54, 1.807) is 0 Å². The van der Waals surface area contributed by atoms with E-state index < -0.39 is 9.29 Å². The molecule has 0 fully saturated rings. The van der Waals surface area contributed by atoms with E-state index in [4.69, 9.17) is 14.7 Å². The van der Waals surface area contributed by atoms with Crippen LogP contribution >= 0.6 is 0 Å². The molecule has 0 amide bonds. The first-order valence-corrected chi connectivity index (χ1v) is 3.34. The molecule has 4 heteroatoms. The maximum absolute atomic E-state index is 8.40. The van der Waals surface area contributed by atoms with Gasteiger partial charge in [0.25, 0.3) is 0 Å². The molecule has 3 nitrogen and oxygen atoms in total. The molecule has 0 saturated carbocycles. The molecular weight excluding hydrogens is 122 g/mol. The van der Waals surface area contributed by atoms with Gasteiger partial charge in [0.15, 0.2) is 0 Å². The minimum absolute atomic E-state index is 0.844. The van der Waals surface area contributed by atoms with Crippen LogP contribution in [0.1, 0.15) is 19.8 Å². The third-order valence-electron chi connectivity index (χ3n) is 0.558. The van der Waals surface area contributed by atoms with E-state index in [0.717, 1.165) is 6.54 Å². The average Bonchev–Trinajstić information content (AvgIpc) is 1.71. The van der Waals surface area contributed by atoms with E-state index >= 15 is 0 Å². The van der Waals surface area contributed by atoms with Gasteiger partial charge >= 0.3 is 9.29 Å². The van der Waals surface area contributed by atoms with Crippen LogP contribution in [0.2, 0.25) is 0 Å². The summed E-state index contributed by atoms with van der Waals surface area (Å²) >= 11 is 0. The Hall–Kier alpha value is -0.223. The second-order valence-electron chi connectivity index (χ2n) is 1.23. The zero-order valence-electron chi connectivity index (χ0n) is 5.02. The van der Waals surface area contributed by atoms with Crippen LogP contribution in [0, 0.1) is 0 Å². The largest absolute Gasteiger partial charge is 0.549 e. The van der Waals surface area contributed by atoms with Gasteiger partial charge in [0.05, 0.1) is 0 Å². The quantitative estimate of drug-likeness (QED) is 0.544. The monoisotopic (exact) mass is 133 g/mol. The summed E-state index contributed by atoms with van der Waals surface area (Å²) in [5, 5.41) is 0. The van der Waals surface area contributed by atoms with Crippen LogP contribution in [0.25, 0.3) is 0 Å². The van der Waals surface area contributed by atoms with Gasteiger partial charge in [-0.1, -0.05) is 13.3 Å². The molecule has 0 bridgehead atoms. The van der Waals surface area contributed by atoms with Crippen molar-refractivity contribution < 1.29 is 8.92 Å². The second kappa shape index (κ2) is 15.9. The molecule has 0 radical (unpaired) electrons. The Labute approximate surface area is 51.2 Å². The van der Waals surface area contributed by atoms with E-state index in [-0.39, 0.29) is 0 Å². The summed E-state index contributed by atoms with van der Waals surface area (Å²) in [6.45, 7) is 2.98. The van der Waals surface area contributed by atoms with Crippen molar-refractivity contribution in [2.24, 2.45) is 5.73 Å². The number of unbranched alkanes of at least 4 members (excludes halogenated alkanes) is 1. The van der Waals surface area contributed by atoms with Crippen LogP contribution < -0.4 is 5.73 Å². The first-order chi connectivity index (χ1) is 3.83. The number of nitrogens with two attached hydrogens (primary N) is 1. The fourth-order valence-electron chi connectivity index (χ4n) is 0.204. The molecule has 0 aromatic rings. The van der Waals surface area contributed by atoms with Crippen LogP contribution in [0.15, 0.2) is 0 Å². The summed E-state index contributed by atoms with van der Waals surface area (Å²) in [7, 11) is -1.42. The van der Waals surface area contributed by atoms with Crippen molar-refractivity contribution in [3.8, 4) is 0 Å². The Morgan fingerprint density at radius 1 is 1.50 bits per heavy atom. The SMILES string of the molecule is CCCCN.O=[Si]=O. The van der Waals surface area contributed by atoms with Gasteiger partial charge in [0.2, 0.25) is 0 Å². The minimum Gasteiger partial charge on any atom is -0.330 e. The highest BCUT2D eigenvalue weighted by atomic mass is 28.2. The molecule has 0 aromatic heterocycles. The first kappa shape index (κ1) is 10.7. The summed E-state index contributed by atoms with van der Waals surface area (Å²) in [4.78, 5) is 0. The predicted octanol–water partition coefficient (Wildman–Crippen LogP) is 0.127. The van der Waals surface area contributed by atoms with Crippen LogP contribution in [0.5, 0.6) is 0 Å². The Bertz CT molecular complexity index is 59.1. The Balaban J connectivity index is 0. The molecule has 0 heterocycles. The summed E-state index contributed by atoms with van der Waals surface area (Å²) in [5.74, 6) is 0. The van der Waals surface area contributed by atoms with Gasteiger partial charge in [-0.3, -0.25) is 8.92 Å². The molecule has 0 unspecified atom stereocenters. The van der Waals surface area contributed by atoms with E-state index in [2.05, 4.69) is 6.92 Å². The minimum atomic E-state index is -1.42. The Morgan fingerprint density at radius 3 is 1.88 bits per heavy atom. The molecule has 0 atom stereocenters. The van der Waals surface area contributed by atoms with Gasteiger partial charge in [-0.15, -0.1) is 0 Å². The lowest BCUT2D eigenvalue weighted by atomic mass is 10.3. The summed E-state index contributed by atoms with van der Waals surface area (Å²) in [6.07, 6.45) is 2.39. The number of hydrogen-bond donors (Lipinski definition) is 1. The fraction of sp³-hybridized carbons (Fsp3) is 1.00. The summed E-state index contributed by atoms with van der Waals surface area (Å²) in [5.41, 5.74) is 5.14. The zero-order chi connectivity index (χ0) is 6.83. The zero-order valence-corrected chi connectivity index (χ0v) is 6.02. The van der Waals surface area contributed by atoms with Gasteiger partial charge in [0.1, 0.15) is 0 Å². The predicted molar refractivity (Wildman–Crippen MR) is 31.1 cm³/mol. The molecule has 0 aliphatic carbocycles. The van der Waals surface area contributed by atoms with Crippen LogP contribution in [0.3, 0.4) is 0 Å². The topological polar surface area (TPSA) is 60.2 Å². The highest BCUT2D eigenvalue weighted by Crippen LogP contribution is 1.77. The van der Waals surface area contributed by atoms with Crippen LogP contribution in [0.4, 0.5) is 0 Å². The van der Waals surface area contributed by atoms with Gasteiger partial charge in [-0.25, -0.2) is 0 Å². The van der Waals surface area contributed by atoms with Gasteiger partial charge in [-0.2, -0.15) is 0 Å². The molecular formula is C4H11NO2Si. The molecule has 0 rings (SSSR count). The molecule has 48 valence electrons. The Kier molecular flexibility index (Phi) is 21.2. The lowest BCUT2D eigenvalue weighted by Gasteiger charge is -1.80. The molecule has 0 aliphatic heterocycles. The summed E-state index contributed by atoms with van der Waals surface area (Å²) in [6, 6.07) is 0. The van der Waals surface area contributed by atoms with Crippen molar-refractivity contribution >= 4 is 9.29 Å². The highest BCUT2D eigenvalue weighted by molar-refractivity contribution is 5.94. The fourth-order valence-corrected chi connectivity index (χ4v) is 0.204. The molecule has 8 heavy (non-hydrogen) atoms. The normalized spacial score (nSPS) is 6.25. The van der Waals surface area contributed by atoms with Crippen LogP contribution in [-0.2, 0) is 8.92 Å². The van der Waals surface area contributed by atoms with Gasteiger partial charge in [0, 0.05) is 0 Å². The standard InChI is InChI=1S/C4H11N.O2Si/c1-2-3-4-5;1-3-2/h2-5H2,1H3;. The molecule has 2 N–H and O–H groups in total. The maximum Gasteiger partial charge on any atom is 0.549 e. The highest BCUT2D eigenvalue weighted by Gasteiger charge is 1.67. The number of hydrogen-bond acceptors (Lipinski definition) is 3. The average molecular weight is 133 g/mol. The van der Waals surface area contributed by atoms with E-state index in [0.29, 0.717) is 0 Å². The molecule has 0 aromatic carbocycles. The van der Waals surface area contributed by atoms with Crippen molar-refractivity contribution in [1.82, 2.24) is 0 Å². The van der Waals surface area contributed by atoms with Gasteiger partial charge in [-0.05, 0) is 13.0 Å². The van der Waals surface area contributed by atoms with E-state index in [1.165, 1.54) is 12.8 Å². The summed E-state index contributed by atoms with van der Waals surface area (Å²) < 4.78 is 16.8. The molecule has 0 spiro atoms. The second-order valence-corrected chi connectivity index (χ2v) is 1.39. The van der Waals surface area contributed by atoms with Crippen molar-refractivity contribution in [3.63, 3.8) is 0 Å². The van der Waals surface area contributed by atoms with Crippen molar-refractivity contribution in [3.05, 3.63) is 0 Å². The van der Waals surface area contributed by atoms with Crippen LogP contribution in [-0.4, -0.2) is 15.8 Å². The number of rotatable bonds is 2. The van der Waals surface area contributed by atoms with E-state index in [9.17, 15) is 0 Å². The lowest BCUT2D eigenvalue weighted by Crippen LogP contribution is -1.95. The lowest BCUT2D eigenvalue weighted by molar-refractivity contribution is 0.497. The Morgan fingerprint density at radius 2 is 1.88 bits per heavy atom. The van der Waals surface area contributed by atoms with E-state index in [1.807, 2.05) is 0 Å². The van der Waals surface area contributed by atoms with Crippen molar-refractivity contribution in [1.29, 1.82) is 0 Å². The first-order valence-electron chi connectivity index (χ1n) is 2.52. The molecule has 0 aliphatic rings. The van der Waals surface area contributed by atoms with Crippen molar-refractivity contribution in [2.75, 3.05) is 6.54 Å². The molecule has 0 saturated heterocycles. The third kappa shape index (κ3) is 41.8. The third-order valence-corrected chi connectivity index (χ3v) is 0.558.